The zero-order valence-corrected chi connectivity index (χ0v) is 14.1. The van der Waals surface area contributed by atoms with Crippen LogP contribution in [0.15, 0.2) is 53.1 Å². The van der Waals surface area contributed by atoms with Gasteiger partial charge >= 0.3 is 0 Å². The summed E-state index contributed by atoms with van der Waals surface area (Å²) in [6, 6.07) is 12.5. The highest BCUT2D eigenvalue weighted by Gasteiger charge is 2.15. The Balaban J connectivity index is 1.72. The van der Waals surface area contributed by atoms with Gasteiger partial charge in [0.2, 0.25) is 11.7 Å². The molecular weight excluding hydrogens is 339 g/mol. The molecule has 3 rings (SSSR count). The average molecular weight is 356 g/mol. The van der Waals surface area contributed by atoms with E-state index in [4.69, 9.17) is 4.52 Å². The van der Waals surface area contributed by atoms with Crippen molar-refractivity contribution in [1.82, 2.24) is 15.0 Å². The topological polar surface area (TPSA) is 85.3 Å². The van der Waals surface area contributed by atoms with Crippen molar-refractivity contribution in [2.75, 3.05) is 6.54 Å². The number of non-ortho nitro benzene ring substituents is 1. The Labute approximate surface area is 149 Å². The lowest BCUT2D eigenvalue weighted by Gasteiger charge is -2.18. The first kappa shape index (κ1) is 17.7. The van der Waals surface area contributed by atoms with Crippen molar-refractivity contribution >= 4 is 5.69 Å². The maximum absolute atomic E-state index is 13.3. The zero-order chi connectivity index (χ0) is 18.5. The van der Waals surface area contributed by atoms with Gasteiger partial charge in [0.1, 0.15) is 5.82 Å². The summed E-state index contributed by atoms with van der Waals surface area (Å²) in [5.41, 5.74) is 1.34. The van der Waals surface area contributed by atoms with E-state index in [1.54, 1.807) is 18.2 Å². The zero-order valence-electron chi connectivity index (χ0n) is 14.1. The third-order valence-electron chi connectivity index (χ3n) is 3.88. The molecular formula is C18H17FN4O3. The van der Waals surface area contributed by atoms with Gasteiger partial charge in [0.15, 0.2) is 0 Å². The maximum atomic E-state index is 13.3. The van der Waals surface area contributed by atoms with Gasteiger partial charge in [-0.3, -0.25) is 15.0 Å². The van der Waals surface area contributed by atoms with Crippen molar-refractivity contribution < 1.29 is 13.8 Å². The number of rotatable bonds is 7. The summed E-state index contributed by atoms with van der Waals surface area (Å²) < 4.78 is 18.6. The third kappa shape index (κ3) is 4.28. The Morgan fingerprint density at radius 1 is 1.19 bits per heavy atom. The van der Waals surface area contributed by atoms with Crippen molar-refractivity contribution in [2.24, 2.45) is 0 Å². The van der Waals surface area contributed by atoms with Crippen molar-refractivity contribution in [3.05, 3.63) is 75.9 Å². The van der Waals surface area contributed by atoms with Crippen LogP contribution in [0.1, 0.15) is 18.4 Å². The van der Waals surface area contributed by atoms with Crippen LogP contribution in [0.4, 0.5) is 10.1 Å². The van der Waals surface area contributed by atoms with Gasteiger partial charge in [-0.1, -0.05) is 36.3 Å². The third-order valence-corrected chi connectivity index (χ3v) is 3.88. The molecule has 0 unspecified atom stereocenters. The Kier molecular flexibility index (Phi) is 5.33. The fourth-order valence-electron chi connectivity index (χ4n) is 2.56. The number of hydrogen-bond donors (Lipinski definition) is 0. The number of hydrogen-bond acceptors (Lipinski definition) is 6. The molecule has 0 atom stereocenters. The van der Waals surface area contributed by atoms with E-state index in [-0.39, 0.29) is 11.5 Å². The van der Waals surface area contributed by atoms with Gasteiger partial charge in [0, 0.05) is 24.2 Å². The van der Waals surface area contributed by atoms with Crippen LogP contribution in [-0.2, 0) is 13.1 Å². The first-order chi connectivity index (χ1) is 12.5. The quantitative estimate of drug-likeness (QED) is 0.473. The molecule has 2 aromatic carbocycles. The first-order valence-electron chi connectivity index (χ1n) is 8.09. The molecule has 0 aliphatic rings. The second-order valence-corrected chi connectivity index (χ2v) is 5.75. The molecule has 0 spiro atoms. The first-order valence-corrected chi connectivity index (χ1v) is 8.09. The number of nitrogens with zero attached hydrogens (tertiary/aromatic N) is 4. The lowest BCUT2D eigenvalue weighted by molar-refractivity contribution is -0.384. The molecule has 0 fully saturated rings. The van der Waals surface area contributed by atoms with E-state index in [1.165, 1.54) is 24.3 Å². The molecule has 0 amide bonds. The summed E-state index contributed by atoms with van der Waals surface area (Å²) >= 11 is 0. The van der Waals surface area contributed by atoms with E-state index in [2.05, 4.69) is 10.1 Å². The van der Waals surface area contributed by atoms with Crippen LogP contribution in [-0.4, -0.2) is 26.5 Å². The van der Waals surface area contributed by atoms with Crippen LogP contribution < -0.4 is 0 Å². The highest BCUT2D eigenvalue weighted by molar-refractivity contribution is 5.58. The smallest absolute Gasteiger partial charge is 0.270 e. The summed E-state index contributed by atoms with van der Waals surface area (Å²) in [5.74, 6) is 0.416. The Morgan fingerprint density at radius 2 is 2.00 bits per heavy atom. The van der Waals surface area contributed by atoms with E-state index >= 15 is 0 Å². The van der Waals surface area contributed by atoms with Gasteiger partial charge in [0.25, 0.3) is 5.69 Å². The molecule has 7 nitrogen and oxygen atoms in total. The maximum Gasteiger partial charge on any atom is 0.270 e. The van der Waals surface area contributed by atoms with Crippen molar-refractivity contribution in [3.63, 3.8) is 0 Å². The van der Waals surface area contributed by atoms with E-state index in [9.17, 15) is 14.5 Å². The molecule has 0 N–H and O–H groups in total. The van der Waals surface area contributed by atoms with Gasteiger partial charge in [-0.15, -0.1) is 0 Å². The summed E-state index contributed by atoms with van der Waals surface area (Å²) in [7, 11) is 0. The fourth-order valence-corrected chi connectivity index (χ4v) is 2.56. The van der Waals surface area contributed by atoms with E-state index in [1.807, 2.05) is 17.9 Å². The minimum atomic E-state index is -0.470. The summed E-state index contributed by atoms with van der Waals surface area (Å²) in [6.07, 6.45) is 0. The van der Waals surface area contributed by atoms with Gasteiger partial charge < -0.3 is 4.52 Å². The average Bonchev–Trinajstić information content (AvgIpc) is 3.10. The Hall–Kier alpha value is -3.13. The molecule has 0 saturated heterocycles. The molecule has 26 heavy (non-hydrogen) atoms. The number of nitro benzene ring substituents is 1. The summed E-state index contributed by atoms with van der Waals surface area (Å²) in [4.78, 5) is 16.7. The summed E-state index contributed by atoms with van der Waals surface area (Å²) in [6.45, 7) is 3.64. The lowest BCUT2D eigenvalue weighted by atomic mass is 10.2. The molecule has 0 saturated carbocycles. The van der Waals surface area contributed by atoms with E-state index < -0.39 is 4.92 Å². The van der Waals surface area contributed by atoms with Crippen molar-refractivity contribution in [1.29, 1.82) is 0 Å². The molecule has 0 aliphatic carbocycles. The number of aromatic nitrogens is 2. The highest BCUT2D eigenvalue weighted by atomic mass is 19.1. The van der Waals surface area contributed by atoms with Crippen molar-refractivity contribution in [3.8, 4) is 11.4 Å². The fraction of sp³-hybridized carbons (Fsp3) is 0.222. The molecule has 134 valence electrons. The largest absolute Gasteiger partial charge is 0.338 e. The number of nitro groups is 1. The normalized spacial score (nSPS) is 11.0. The minimum absolute atomic E-state index is 0.0323. The van der Waals surface area contributed by atoms with E-state index in [0.717, 1.165) is 5.56 Å². The molecule has 0 bridgehead atoms. The van der Waals surface area contributed by atoms with Crippen LogP contribution in [0.2, 0.25) is 0 Å². The van der Waals surface area contributed by atoms with Gasteiger partial charge in [-0.05, 0) is 24.2 Å². The van der Waals surface area contributed by atoms with Crippen LogP contribution in [0, 0.1) is 15.9 Å². The van der Waals surface area contributed by atoms with Crippen molar-refractivity contribution in [2.45, 2.75) is 20.0 Å². The molecule has 1 heterocycles. The predicted octanol–water partition coefficient (Wildman–Crippen LogP) is 3.81. The van der Waals surface area contributed by atoms with Gasteiger partial charge in [-0.25, -0.2) is 4.39 Å². The highest BCUT2D eigenvalue weighted by Crippen LogP contribution is 2.21. The predicted molar refractivity (Wildman–Crippen MR) is 92.6 cm³/mol. The second-order valence-electron chi connectivity index (χ2n) is 5.75. The van der Waals surface area contributed by atoms with E-state index in [0.29, 0.717) is 36.9 Å². The lowest BCUT2D eigenvalue weighted by Crippen LogP contribution is -2.22. The van der Waals surface area contributed by atoms with Crippen LogP contribution in [0.3, 0.4) is 0 Å². The molecule has 3 aromatic rings. The second kappa shape index (κ2) is 7.83. The minimum Gasteiger partial charge on any atom is -0.338 e. The van der Waals surface area contributed by atoms with Crippen LogP contribution >= 0.6 is 0 Å². The SMILES string of the molecule is CCN(Cc1cccc(F)c1)Cc1nc(-c2cccc([N+](=O)[O-])c2)no1. The Morgan fingerprint density at radius 3 is 2.73 bits per heavy atom. The monoisotopic (exact) mass is 356 g/mol. The van der Waals surface area contributed by atoms with Gasteiger partial charge in [-0.2, -0.15) is 4.98 Å². The molecule has 1 aromatic heterocycles. The molecule has 8 heteroatoms. The standard InChI is InChI=1S/C18H17FN4O3/c1-2-22(11-13-5-3-7-15(19)9-13)12-17-20-18(21-26-17)14-6-4-8-16(10-14)23(24)25/h3-10H,2,11-12H2,1H3. The van der Waals surface area contributed by atoms with Crippen LogP contribution in [0.5, 0.6) is 0 Å². The molecule has 0 aliphatic heterocycles. The molecule has 0 radical (unpaired) electrons. The summed E-state index contributed by atoms with van der Waals surface area (Å²) in [5, 5.41) is 14.8. The number of benzene rings is 2. The van der Waals surface area contributed by atoms with Gasteiger partial charge in [0.05, 0.1) is 11.5 Å². The number of halogens is 1. The Bertz CT molecular complexity index is 913. The van der Waals surface area contributed by atoms with Crippen LogP contribution in [0.25, 0.3) is 11.4 Å².